The number of rotatable bonds is 8. The van der Waals surface area contributed by atoms with E-state index in [0.717, 1.165) is 31.0 Å². The molecule has 0 aliphatic heterocycles. The zero-order chi connectivity index (χ0) is 15.1. The van der Waals surface area contributed by atoms with Crippen LogP contribution in [0.3, 0.4) is 0 Å². The third kappa shape index (κ3) is 4.74. The first kappa shape index (κ1) is 15.8. The van der Waals surface area contributed by atoms with Gasteiger partial charge in [-0.25, -0.2) is 4.98 Å². The van der Waals surface area contributed by atoms with Gasteiger partial charge in [-0.1, -0.05) is 18.5 Å². The summed E-state index contributed by atoms with van der Waals surface area (Å²) in [5.74, 6) is 7.40. The Kier molecular flexibility index (Phi) is 6.04. The smallest absolute Gasteiger partial charge is 0.119 e. The molecule has 0 aliphatic carbocycles. The topological polar surface area (TPSA) is 65.1 Å². The van der Waals surface area contributed by atoms with Gasteiger partial charge in [-0.15, -0.1) is 0 Å². The van der Waals surface area contributed by atoms with Gasteiger partial charge in [-0.3, -0.25) is 11.3 Å². The second-order valence-electron chi connectivity index (χ2n) is 4.87. The minimum absolute atomic E-state index is 0.00122. The first-order valence-electron chi connectivity index (χ1n) is 7.07. The van der Waals surface area contributed by atoms with Crippen LogP contribution in [0.5, 0.6) is 5.75 Å². The maximum absolute atomic E-state index is 5.84. The summed E-state index contributed by atoms with van der Waals surface area (Å²) in [6, 6.07) is 7.28. The molecule has 3 N–H and O–H groups in total. The molecule has 1 heterocycles. The van der Waals surface area contributed by atoms with E-state index in [0.29, 0.717) is 11.6 Å². The largest absolute Gasteiger partial charge is 0.492 e. The van der Waals surface area contributed by atoms with Crippen molar-refractivity contribution in [1.82, 2.24) is 15.0 Å². The van der Waals surface area contributed by atoms with E-state index in [1.54, 1.807) is 12.1 Å². The van der Waals surface area contributed by atoms with Crippen LogP contribution in [0.4, 0.5) is 0 Å². The van der Waals surface area contributed by atoms with E-state index in [-0.39, 0.29) is 6.04 Å². The van der Waals surface area contributed by atoms with Gasteiger partial charge in [0.05, 0.1) is 6.04 Å². The number of imidazole rings is 1. The summed E-state index contributed by atoms with van der Waals surface area (Å²) < 4.78 is 7.87. The van der Waals surface area contributed by atoms with Crippen LogP contribution in [0.15, 0.2) is 36.7 Å². The van der Waals surface area contributed by atoms with Gasteiger partial charge < -0.3 is 9.30 Å². The Morgan fingerprint density at radius 3 is 2.81 bits per heavy atom. The zero-order valence-electron chi connectivity index (χ0n) is 12.1. The van der Waals surface area contributed by atoms with Gasteiger partial charge in [0.25, 0.3) is 0 Å². The summed E-state index contributed by atoms with van der Waals surface area (Å²) in [7, 11) is 0. The van der Waals surface area contributed by atoms with Gasteiger partial charge in [-0.2, -0.15) is 0 Å². The van der Waals surface area contributed by atoms with Gasteiger partial charge in [0.15, 0.2) is 0 Å². The molecule has 1 aromatic carbocycles. The van der Waals surface area contributed by atoms with Crippen molar-refractivity contribution in [3.63, 3.8) is 0 Å². The summed E-state index contributed by atoms with van der Waals surface area (Å²) >= 11 is 5.84. The molecule has 1 atom stereocenters. The fraction of sp³-hybridized carbons (Fsp3) is 0.400. The maximum atomic E-state index is 5.84. The summed E-state index contributed by atoms with van der Waals surface area (Å²) in [6.45, 7) is 3.58. The number of aromatic nitrogens is 2. The Labute approximate surface area is 130 Å². The second-order valence-corrected chi connectivity index (χ2v) is 5.31. The van der Waals surface area contributed by atoms with Gasteiger partial charge in [0, 0.05) is 30.4 Å². The molecule has 0 fully saturated rings. The number of hydrazine groups is 1. The quantitative estimate of drug-likeness (QED) is 0.580. The van der Waals surface area contributed by atoms with Gasteiger partial charge in [0.2, 0.25) is 0 Å². The van der Waals surface area contributed by atoms with Crippen molar-refractivity contribution in [2.75, 3.05) is 6.61 Å². The van der Waals surface area contributed by atoms with Crippen molar-refractivity contribution in [1.29, 1.82) is 0 Å². The third-order valence-corrected chi connectivity index (χ3v) is 3.45. The van der Waals surface area contributed by atoms with E-state index in [2.05, 4.69) is 21.9 Å². The summed E-state index contributed by atoms with van der Waals surface area (Å²) in [5.41, 5.74) is 2.79. The molecule has 0 saturated carbocycles. The molecule has 21 heavy (non-hydrogen) atoms. The molecular weight excluding hydrogens is 288 g/mol. The van der Waals surface area contributed by atoms with Crippen LogP contribution in [-0.2, 0) is 13.0 Å². The van der Waals surface area contributed by atoms with E-state index >= 15 is 0 Å². The Hall–Kier alpha value is -1.56. The van der Waals surface area contributed by atoms with Crippen molar-refractivity contribution < 1.29 is 4.74 Å². The molecule has 2 rings (SSSR count). The highest BCUT2D eigenvalue weighted by atomic mass is 35.5. The van der Waals surface area contributed by atoms with Crippen LogP contribution in [0.1, 0.15) is 19.2 Å². The molecular formula is C15H21ClN4O. The molecule has 1 unspecified atom stereocenters. The minimum atomic E-state index is -0.00122. The van der Waals surface area contributed by atoms with Gasteiger partial charge >= 0.3 is 0 Å². The summed E-state index contributed by atoms with van der Waals surface area (Å²) in [6.07, 6.45) is 5.60. The highest BCUT2D eigenvalue weighted by Gasteiger charge is 2.12. The van der Waals surface area contributed by atoms with Crippen LogP contribution in [0.25, 0.3) is 0 Å². The average Bonchev–Trinajstić information content (AvgIpc) is 2.92. The van der Waals surface area contributed by atoms with Crippen molar-refractivity contribution in [3.05, 3.63) is 47.5 Å². The van der Waals surface area contributed by atoms with Crippen molar-refractivity contribution in [2.45, 2.75) is 32.4 Å². The molecule has 0 radical (unpaired) electrons. The van der Waals surface area contributed by atoms with Crippen molar-refractivity contribution >= 4 is 11.6 Å². The highest BCUT2D eigenvalue weighted by Crippen LogP contribution is 2.16. The number of hydrogen-bond donors (Lipinski definition) is 2. The normalized spacial score (nSPS) is 12.3. The number of benzene rings is 1. The Bertz CT molecular complexity index is 541. The van der Waals surface area contributed by atoms with Crippen LogP contribution in [-0.4, -0.2) is 22.2 Å². The number of aryl methyl sites for hydroxylation is 1. The average molecular weight is 309 g/mol. The van der Waals surface area contributed by atoms with E-state index < -0.39 is 0 Å². The number of nitrogens with one attached hydrogen (secondary N) is 1. The van der Waals surface area contributed by atoms with Crippen LogP contribution in [0, 0.1) is 0 Å². The molecule has 1 aromatic heterocycles. The van der Waals surface area contributed by atoms with Gasteiger partial charge in [0.1, 0.15) is 18.2 Å². The van der Waals surface area contributed by atoms with E-state index in [4.69, 9.17) is 22.2 Å². The number of ether oxygens (including phenoxy) is 1. The molecule has 0 amide bonds. The zero-order valence-corrected chi connectivity index (χ0v) is 12.9. The fourth-order valence-corrected chi connectivity index (χ4v) is 2.21. The highest BCUT2D eigenvalue weighted by molar-refractivity contribution is 6.30. The lowest BCUT2D eigenvalue weighted by Crippen LogP contribution is -2.41. The number of nitrogens with zero attached hydrogens (tertiary/aromatic N) is 2. The van der Waals surface area contributed by atoms with E-state index in [9.17, 15) is 0 Å². The van der Waals surface area contributed by atoms with Gasteiger partial charge in [-0.05, 0) is 30.7 Å². The number of nitrogens with two attached hydrogens (primary N) is 1. The lowest BCUT2D eigenvalue weighted by molar-refractivity contribution is 0.261. The van der Waals surface area contributed by atoms with Crippen LogP contribution < -0.4 is 16.0 Å². The summed E-state index contributed by atoms with van der Waals surface area (Å²) in [4.78, 5) is 4.38. The van der Waals surface area contributed by atoms with E-state index in [1.165, 1.54) is 0 Å². The molecule has 0 spiro atoms. The van der Waals surface area contributed by atoms with Crippen LogP contribution in [0.2, 0.25) is 5.02 Å². The Balaban J connectivity index is 1.90. The fourth-order valence-electron chi connectivity index (χ4n) is 2.09. The predicted molar refractivity (Wildman–Crippen MR) is 84.3 cm³/mol. The molecule has 6 heteroatoms. The molecule has 114 valence electrons. The first-order valence-corrected chi connectivity index (χ1v) is 7.45. The lowest BCUT2D eigenvalue weighted by atomic mass is 10.2. The van der Waals surface area contributed by atoms with Crippen molar-refractivity contribution in [3.8, 4) is 5.75 Å². The molecule has 0 aliphatic rings. The number of hydrogen-bond acceptors (Lipinski definition) is 4. The lowest BCUT2D eigenvalue weighted by Gasteiger charge is -2.17. The second kappa shape index (κ2) is 8.02. The molecule has 5 nitrogen and oxygen atoms in total. The molecule has 2 aromatic rings. The predicted octanol–water partition coefficient (Wildman–Crippen LogP) is 2.40. The maximum Gasteiger partial charge on any atom is 0.119 e. The minimum Gasteiger partial charge on any atom is -0.492 e. The monoisotopic (exact) mass is 308 g/mol. The van der Waals surface area contributed by atoms with Crippen molar-refractivity contribution in [2.24, 2.45) is 5.84 Å². The van der Waals surface area contributed by atoms with E-state index in [1.807, 2.05) is 24.5 Å². The summed E-state index contributed by atoms with van der Waals surface area (Å²) in [5, 5.41) is 0.692. The SMILES string of the molecule is CCCn1ccnc1CC(COc1ccc(Cl)cc1)NN. The number of halogens is 1. The Morgan fingerprint density at radius 2 is 2.14 bits per heavy atom. The van der Waals surface area contributed by atoms with Crippen LogP contribution >= 0.6 is 11.6 Å². The standard InChI is InChI=1S/C15H21ClN4O/c1-2-8-20-9-7-18-15(20)10-13(19-17)11-21-14-5-3-12(16)4-6-14/h3-7,9,13,19H,2,8,10-11,17H2,1H3. The first-order chi connectivity index (χ1) is 10.2. The Morgan fingerprint density at radius 1 is 1.38 bits per heavy atom. The molecule has 0 saturated heterocycles. The third-order valence-electron chi connectivity index (χ3n) is 3.20. The molecule has 0 bridgehead atoms.